The van der Waals surface area contributed by atoms with E-state index in [-0.39, 0.29) is 18.4 Å². The predicted molar refractivity (Wildman–Crippen MR) is 69.2 cm³/mol. The summed E-state index contributed by atoms with van der Waals surface area (Å²) in [4.78, 5) is 0. The van der Waals surface area contributed by atoms with Crippen molar-refractivity contribution in [1.82, 2.24) is 5.43 Å². The smallest absolute Gasteiger partial charge is 0.271 e. The van der Waals surface area contributed by atoms with Crippen LogP contribution in [0.5, 0.6) is 0 Å². The fourth-order valence-electron chi connectivity index (χ4n) is 4.02. The topological polar surface area (TPSA) is 38.0 Å². The van der Waals surface area contributed by atoms with Crippen LogP contribution in [0.25, 0.3) is 0 Å². The van der Waals surface area contributed by atoms with Crippen LogP contribution in [-0.2, 0) is 0 Å². The van der Waals surface area contributed by atoms with E-state index in [1.165, 1.54) is 12.8 Å². The highest BCUT2D eigenvalue weighted by Gasteiger charge is 2.47. The van der Waals surface area contributed by atoms with Crippen LogP contribution in [0.15, 0.2) is 0 Å². The van der Waals surface area contributed by atoms with Crippen molar-refractivity contribution in [2.75, 3.05) is 0 Å². The lowest BCUT2D eigenvalue weighted by Crippen LogP contribution is -2.48. The fraction of sp³-hybridized carbons (Fsp3) is 1.00. The second kappa shape index (κ2) is 6.44. The Morgan fingerprint density at radius 2 is 1.58 bits per heavy atom. The lowest BCUT2D eigenvalue weighted by molar-refractivity contribution is -0.199. The number of hydrazine groups is 1. The minimum absolute atomic E-state index is 0.171. The molecule has 2 rings (SSSR count). The maximum absolute atomic E-state index is 13.1. The molecule has 3 N–H and O–H groups in total. The number of alkyl halides is 3. The molecule has 5 heteroatoms. The summed E-state index contributed by atoms with van der Waals surface area (Å²) in [6.45, 7) is 0. The van der Waals surface area contributed by atoms with Gasteiger partial charge in [0.1, 0.15) is 0 Å². The molecule has 2 aliphatic rings. The lowest BCUT2D eigenvalue weighted by Gasteiger charge is -2.38. The van der Waals surface area contributed by atoms with Gasteiger partial charge in [-0.1, -0.05) is 38.5 Å². The van der Waals surface area contributed by atoms with Crippen molar-refractivity contribution in [2.24, 2.45) is 23.6 Å². The van der Waals surface area contributed by atoms with E-state index in [4.69, 9.17) is 5.84 Å². The molecule has 2 nitrogen and oxygen atoms in total. The molecular weight excluding hydrogens is 253 g/mol. The van der Waals surface area contributed by atoms with Gasteiger partial charge in [-0.05, 0) is 31.1 Å². The summed E-state index contributed by atoms with van der Waals surface area (Å²) in [7, 11) is 0. The normalized spacial score (nSPS) is 31.6. The Kier molecular flexibility index (Phi) is 5.12. The molecule has 0 amide bonds. The molecule has 112 valence electrons. The summed E-state index contributed by atoms with van der Waals surface area (Å²) in [5, 5.41) is 0. The van der Waals surface area contributed by atoms with Crippen LogP contribution >= 0.6 is 0 Å². The number of halogens is 3. The van der Waals surface area contributed by atoms with E-state index in [0.717, 1.165) is 25.7 Å². The molecule has 0 aromatic rings. The average molecular weight is 278 g/mol. The molecule has 0 spiro atoms. The standard InChI is InChI=1S/C14H25F3N2/c15-14(16,17)12-8-4-3-7-11(12)13(19-18)9-10-5-1-2-6-10/h10-13,19H,1-9,18H2. The van der Waals surface area contributed by atoms with Gasteiger partial charge >= 0.3 is 6.18 Å². The zero-order valence-electron chi connectivity index (χ0n) is 11.4. The number of nitrogens with one attached hydrogen (secondary N) is 1. The molecule has 0 radical (unpaired) electrons. The Hall–Kier alpha value is -0.290. The highest BCUT2D eigenvalue weighted by atomic mass is 19.4. The molecule has 2 fully saturated rings. The Balaban J connectivity index is 2.01. The van der Waals surface area contributed by atoms with E-state index >= 15 is 0 Å². The molecule has 0 aliphatic heterocycles. The highest BCUT2D eigenvalue weighted by Crippen LogP contribution is 2.44. The van der Waals surface area contributed by atoms with Gasteiger partial charge in [-0.3, -0.25) is 11.3 Å². The van der Waals surface area contributed by atoms with Crippen LogP contribution in [-0.4, -0.2) is 12.2 Å². The van der Waals surface area contributed by atoms with E-state index < -0.39 is 12.1 Å². The van der Waals surface area contributed by atoms with Crippen molar-refractivity contribution in [2.45, 2.75) is 70.0 Å². The molecular formula is C14H25F3N2. The van der Waals surface area contributed by atoms with Crippen LogP contribution in [0.2, 0.25) is 0 Å². The van der Waals surface area contributed by atoms with Crippen molar-refractivity contribution >= 4 is 0 Å². The van der Waals surface area contributed by atoms with Crippen molar-refractivity contribution < 1.29 is 13.2 Å². The Morgan fingerprint density at radius 1 is 1.00 bits per heavy atom. The largest absolute Gasteiger partial charge is 0.392 e. The maximum atomic E-state index is 13.1. The molecule has 2 saturated carbocycles. The van der Waals surface area contributed by atoms with Crippen LogP contribution in [0.1, 0.15) is 57.8 Å². The van der Waals surface area contributed by atoms with Crippen molar-refractivity contribution in [1.29, 1.82) is 0 Å². The van der Waals surface area contributed by atoms with Gasteiger partial charge in [-0.15, -0.1) is 0 Å². The lowest BCUT2D eigenvalue weighted by atomic mass is 9.73. The summed E-state index contributed by atoms with van der Waals surface area (Å²) in [5.41, 5.74) is 2.70. The minimum Gasteiger partial charge on any atom is -0.271 e. The van der Waals surface area contributed by atoms with E-state index in [2.05, 4.69) is 5.43 Å². The van der Waals surface area contributed by atoms with Crippen LogP contribution in [0, 0.1) is 17.8 Å². The van der Waals surface area contributed by atoms with E-state index in [1.54, 1.807) is 0 Å². The van der Waals surface area contributed by atoms with Gasteiger partial charge in [0.2, 0.25) is 0 Å². The summed E-state index contributed by atoms with van der Waals surface area (Å²) >= 11 is 0. The molecule has 0 aromatic carbocycles. The summed E-state index contributed by atoms with van der Waals surface area (Å²) in [6.07, 6.45) is 4.02. The first-order chi connectivity index (χ1) is 9.02. The monoisotopic (exact) mass is 278 g/mol. The van der Waals surface area contributed by atoms with Gasteiger partial charge in [-0.2, -0.15) is 13.2 Å². The highest BCUT2D eigenvalue weighted by molar-refractivity contribution is 4.89. The summed E-state index contributed by atoms with van der Waals surface area (Å²) < 4.78 is 39.4. The average Bonchev–Trinajstić information content (AvgIpc) is 2.88. The molecule has 0 heterocycles. The molecule has 3 atom stereocenters. The van der Waals surface area contributed by atoms with E-state index in [0.29, 0.717) is 18.8 Å². The molecule has 0 aromatic heterocycles. The molecule has 2 aliphatic carbocycles. The Morgan fingerprint density at radius 3 is 2.16 bits per heavy atom. The third kappa shape index (κ3) is 3.85. The van der Waals surface area contributed by atoms with Gasteiger partial charge in [0.25, 0.3) is 0 Å². The minimum atomic E-state index is -4.07. The Bertz CT molecular complexity index is 274. The molecule has 0 bridgehead atoms. The van der Waals surface area contributed by atoms with Crippen molar-refractivity contribution in [3.63, 3.8) is 0 Å². The SMILES string of the molecule is NNC(CC1CCCC1)C1CCCCC1C(F)(F)F. The molecule has 3 unspecified atom stereocenters. The zero-order chi connectivity index (χ0) is 13.9. The van der Waals surface area contributed by atoms with Crippen LogP contribution in [0.3, 0.4) is 0 Å². The third-order valence-corrected chi connectivity index (χ3v) is 5.03. The zero-order valence-corrected chi connectivity index (χ0v) is 11.4. The first kappa shape index (κ1) is 15.1. The van der Waals surface area contributed by atoms with Crippen LogP contribution < -0.4 is 11.3 Å². The van der Waals surface area contributed by atoms with Gasteiger partial charge in [-0.25, -0.2) is 0 Å². The number of rotatable bonds is 4. The van der Waals surface area contributed by atoms with Gasteiger partial charge in [0, 0.05) is 6.04 Å². The first-order valence-corrected chi connectivity index (χ1v) is 7.55. The van der Waals surface area contributed by atoms with E-state index in [9.17, 15) is 13.2 Å². The summed E-state index contributed by atoms with van der Waals surface area (Å²) in [5.74, 6) is 4.64. The molecule has 19 heavy (non-hydrogen) atoms. The van der Waals surface area contributed by atoms with Crippen LogP contribution in [0.4, 0.5) is 13.2 Å². The second-order valence-electron chi connectivity index (χ2n) is 6.26. The van der Waals surface area contributed by atoms with Crippen molar-refractivity contribution in [3.05, 3.63) is 0 Å². The predicted octanol–water partition coefficient (Wildman–Crippen LogP) is 3.77. The maximum Gasteiger partial charge on any atom is 0.392 e. The number of nitrogens with two attached hydrogens (primary N) is 1. The number of hydrogen-bond acceptors (Lipinski definition) is 2. The first-order valence-electron chi connectivity index (χ1n) is 7.55. The van der Waals surface area contributed by atoms with Crippen molar-refractivity contribution in [3.8, 4) is 0 Å². The Labute approximate surface area is 113 Å². The van der Waals surface area contributed by atoms with Gasteiger partial charge in [0.05, 0.1) is 5.92 Å². The summed E-state index contributed by atoms with van der Waals surface area (Å²) in [6, 6.07) is -0.171. The van der Waals surface area contributed by atoms with E-state index in [1.807, 2.05) is 0 Å². The fourth-order valence-corrected chi connectivity index (χ4v) is 4.02. The van der Waals surface area contributed by atoms with Gasteiger partial charge < -0.3 is 0 Å². The second-order valence-corrected chi connectivity index (χ2v) is 6.26. The quantitative estimate of drug-likeness (QED) is 0.607. The number of hydrogen-bond donors (Lipinski definition) is 2. The molecule has 0 saturated heterocycles. The van der Waals surface area contributed by atoms with Gasteiger partial charge in [0.15, 0.2) is 0 Å². The third-order valence-electron chi connectivity index (χ3n) is 5.03.